The minimum atomic E-state index is -0.215. The van der Waals surface area contributed by atoms with Crippen molar-refractivity contribution in [3.05, 3.63) is 35.9 Å². The first-order valence-electron chi connectivity index (χ1n) is 7.72. The Kier molecular flexibility index (Phi) is 3.81. The number of fused-ring (bicyclic) bond motifs is 1. The van der Waals surface area contributed by atoms with Gasteiger partial charge in [-0.3, -0.25) is 14.5 Å². The molecule has 2 amide bonds. The van der Waals surface area contributed by atoms with Crippen molar-refractivity contribution in [1.29, 1.82) is 0 Å². The molecule has 21 heavy (non-hydrogen) atoms. The Morgan fingerprint density at radius 2 is 1.71 bits per heavy atom. The molecular formula is C17H22N2O2. The number of carbonyl (C=O) groups excluding carboxylic acids is 2. The maximum absolute atomic E-state index is 12.6. The maximum atomic E-state index is 12.6. The third kappa shape index (κ3) is 2.48. The molecule has 1 aromatic rings. The van der Waals surface area contributed by atoms with Gasteiger partial charge in [-0.05, 0) is 30.7 Å². The zero-order valence-corrected chi connectivity index (χ0v) is 12.4. The van der Waals surface area contributed by atoms with Gasteiger partial charge in [-0.25, -0.2) is 0 Å². The van der Waals surface area contributed by atoms with E-state index in [9.17, 15) is 9.59 Å². The number of rotatable bonds is 4. The van der Waals surface area contributed by atoms with Crippen LogP contribution in [0.2, 0.25) is 0 Å². The number of hydrogen-bond donors (Lipinski definition) is 1. The molecule has 1 aliphatic carbocycles. The van der Waals surface area contributed by atoms with Gasteiger partial charge < -0.3 is 5.73 Å². The maximum Gasteiger partial charge on any atom is 0.233 e. The molecule has 1 aromatic carbocycles. The summed E-state index contributed by atoms with van der Waals surface area (Å²) >= 11 is 0. The largest absolute Gasteiger partial charge is 0.328 e. The molecule has 4 nitrogen and oxygen atoms in total. The molecule has 2 fully saturated rings. The zero-order chi connectivity index (χ0) is 15.0. The van der Waals surface area contributed by atoms with E-state index in [1.807, 2.05) is 30.3 Å². The van der Waals surface area contributed by atoms with E-state index in [0.29, 0.717) is 18.9 Å². The average molecular weight is 286 g/mol. The van der Waals surface area contributed by atoms with Gasteiger partial charge in [-0.2, -0.15) is 0 Å². The minimum Gasteiger partial charge on any atom is -0.328 e. The van der Waals surface area contributed by atoms with Gasteiger partial charge in [-0.1, -0.05) is 37.3 Å². The van der Waals surface area contributed by atoms with Crippen LogP contribution in [-0.4, -0.2) is 29.3 Å². The van der Waals surface area contributed by atoms with Crippen LogP contribution >= 0.6 is 0 Å². The molecule has 1 aliphatic heterocycles. The Morgan fingerprint density at radius 3 is 2.24 bits per heavy atom. The topological polar surface area (TPSA) is 63.4 Å². The van der Waals surface area contributed by atoms with E-state index < -0.39 is 0 Å². The van der Waals surface area contributed by atoms with E-state index in [-0.39, 0.29) is 29.7 Å². The molecule has 3 rings (SSSR count). The first-order valence-corrected chi connectivity index (χ1v) is 7.72. The van der Waals surface area contributed by atoms with Gasteiger partial charge in [0.2, 0.25) is 11.8 Å². The summed E-state index contributed by atoms with van der Waals surface area (Å²) in [6.45, 7) is 2.44. The second kappa shape index (κ2) is 5.60. The molecule has 1 heterocycles. The Morgan fingerprint density at radius 1 is 1.14 bits per heavy atom. The molecule has 3 atom stereocenters. The lowest BCUT2D eigenvalue weighted by molar-refractivity contribution is -0.143. The van der Waals surface area contributed by atoms with E-state index >= 15 is 0 Å². The van der Waals surface area contributed by atoms with Gasteiger partial charge in [0.25, 0.3) is 0 Å². The van der Waals surface area contributed by atoms with Gasteiger partial charge in [0.1, 0.15) is 0 Å². The lowest BCUT2D eigenvalue weighted by Gasteiger charge is -2.26. The molecular weight excluding hydrogens is 264 g/mol. The van der Waals surface area contributed by atoms with Crippen LogP contribution in [0.15, 0.2) is 30.3 Å². The second-order valence-corrected chi connectivity index (χ2v) is 6.42. The summed E-state index contributed by atoms with van der Waals surface area (Å²) in [4.78, 5) is 26.6. The van der Waals surface area contributed by atoms with Crippen LogP contribution < -0.4 is 5.73 Å². The van der Waals surface area contributed by atoms with Gasteiger partial charge in [0.05, 0.1) is 17.9 Å². The van der Waals surface area contributed by atoms with Crippen molar-refractivity contribution in [2.75, 3.05) is 6.54 Å². The fourth-order valence-electron chi connectivity index (χ4n) is 3.83. The van der Waals surface area contributed by atoms with E-state index in [2.05, 4.69) is 6.92 Å². The van der Waals surface area contributed by atoms with Crippen LogP contribution in [0.1, 0.15) is 25.3 Å². The standard InChI is InChI=1S/C17H22N2O2/c1-11-7-14-15(8-11)17(21)19(16(14)20)13(10-18)9-12-5-3-2-4-6-12/h2-6,11,13-15H,7-10,18H2,1H3. The van der Waals surface area contributed by atoms with E-state index in [1.165, 1.54) is 4.90 Å². The normalized spacial score (nSPS) is 29.8. The third-order valence-electron chi connectivity index (χ3n) is 4.86. The summed E-state index contributed by atoms with van der Waals surface area (Å²) in [5, 5.41) is 0. The SMILES string of the molecule is CC1CC2C(=O)N(C(CN)Cc3ccccc3)C(=O)C2C1. The molecule has 0 bridgehead atoms. The fraction of sp³-hybridized carbons (Fsp3) is 0.529. The number of nitrogens with two attached hydrogens (primary N) is 1. The van der Waals surface area contributed by atoms with E-state index in [1.54, 1.807) is 0 Å². The number of likely N-dealkylation sites (tertiary alicyclic amines) is 1. The highest BCUT2D eigenvalue weighted by Crippen LogP contribution is 2.43. The molecule has 0 spiro atoms. The Bertz CT molecular complexity index is 519. The molecule has 1 saturated heterocycles. The Labute approximate surface area is 125 Å². The van der Waals surface area contributed by atoms with Crippen LogP contribution in [-0.2, 0) is 16.0 Å². The quantitative estimate of drug-likeness (QED) is 0.855. The van der Waals surface area contributed by atoms with Crippen molar-refractivity contribution in [1.82, 2.24) is 4.90 Å². The lowest BCUT2D eigenvalue weighted by atomic mass is 10.00. The Hall–Kier alpha value is -1.68. The molecule has 3 unspecified atom stereocenters. The summed E-state index contributed by atoms with van der Waals surface area (Å²) in [7, 11) is 0. The summed E-state index contributed by atoms with van der Waals surface area (Å²) in [5.74, 6) is 0.275. The second-order valence-electron chi connectivity index (χ2n) is 6.42. The molecule has 0 radical (unpaired) electrons. The van der Waals surface area contributed by atoms with Crippen LogP contribution in [0.25, 0.3) is 0 Å². The van der Waals surface area contributed by atoms with Crippen LogP contribution in [0.4, 0.5) is 0 Å². The van der Waals surface area contributed by atoms with Gasteiger partial charge in [0.15, 0.2) is 0 Å². The molecule has 1 saturated carbocycles. The predicted molar refractivity (Wildman–Crippen MR) is 80.2 cm³/mol. The van der Waals surface area contributed by atoms with Crippen LogP contribution in [0.5, 0.6) is 0 Å². The average Bonchev–Trinajstić information content (AvgIpc) is 2.97. The van der Waals surface area contributed by atoms with E-state index in [0.717, 1.165) is 18.4 Å². The van der Waals surface area contributed by atoms with Gasteiger partial charge >= 0.3 is 0 Å². The van der Waals surface area contributed by atoms with Crippen molar-refractivity contribution >= 4 is 11.8 Å². The minimum absolute atomic E-state index is 0.000677. The van der Waals surface area contributed by atoms with Gasteiger partial charge in [-0.15, -0.1) is 0 Å². The summed E-state index contributed by atoms with van der Waals surface area (Å²) in [5.41, 5.74) is 6.97. The van der Waals surface area contributed by atoms with Crippen LogP contribution in [0.3, 0.4) is 0 Å². The number of imide groups is 1. The highest BCUT2D eigenvalue weighted by molar-refractivity contribution is 6.05. The zero-order valence-electron chi connectivity index (χ0n) is 12.4. The highest BCUT2D eigenvalue weighted by Gasteiger charge is 2.53. The number of amides is 2. The summed E-state index contributed by atoms with van der Waals surface area (Å²) < 4.78 is 0. The summed E-state index contributed by atoms with van der Waals surface area (Å²) in [6.07, 6.45) is 2.33. The van der Waals surface area contributed by atoms with Crippen molar-refractivity contribution in [3.8, 4) is 0 Å². The fourth-order valence-corrected chi connectivity index (χ4v) is 3.83. The lowest BCUT2D eigenvalue weighted by Crippen LogP contribution is -2.46. The molecule has 2 aliphatic rings. The molecule has 112 valence electrons. The first kappa shape index (κ1) is 14.3. The molecule has 0 aromatic heterocycles. The predicted octanol–water partition coefficient (Wildman–Crippen LogP) is 1.59. The number of hydrogen-bond acceptors (Lipinski definition) is 3. The van der Waals surface area contributed by atoms with E-state index in [4.69, 9.17) is 5.73 Å². The number of carbonyl (C=O) groups is 2. The first-order chi connectivity index (χ1) is 10.1. The smallest absolute Gasteiger partial charge is 0.233 e. The van der Waals surface area contributed by atoms with Crippen LogP contribution in [0, 0.1) is 17.8 Å². The van der Waals surface area contributed by atoms with Crippen molar-refractivity contribution < 1.29 is 9.59 Å². The molecule has 2 N–H and O–H groups in total. The Balaban J connectivity index is 1.79. The number of benzene rings is 1. The van der Waals surface area contributed by atoms with Gasteiger partial charge in [0, 0.05) is 6.54 Å². The van der Waals surface area contributed by atoms with Crippen molar-refractivity contribution in [2.24, 2.45) is 23.5 Å². The van der Waals surface area contributed by atoms with Crippen molar-refractivity contribution in [2.45, 2.75) is 32.2 Å². The third-order valence-corrected chi connectivity index (χ3v) is 4.86. The highest BCUT2D eigenvalue weighted by atomic mass is 16.2. The summed E-state index contributed by atoms with van der Waals surface area (Å²) in [6, 6.07) is 9.69. The molecule has 4 heteroatoms. The monoisotopic (exact) mass is 286 g/mol. The number of nitrogens with zero attached hydrogens (tertiary/aromatic N) is 1. The van der Waals surface area contributed by atoms with Crippen molar-refractivity contribution in [3.63, 3.8) is 0 Å².